The number of carbonyl (C=O) groups is 3. The summed E-state index contributed by atoms with van der Waals surface area (Å²) < 4.78 is 4.61. The summed E-state index contributed by atoms with van der Waals surface area (Å²) in [5.41, 5.74) is 17.1. The molecule has 0 aliphatic heterocycles. The van der Waals surface area contributed by atoms with E-state index in [0.717, 1.165) is 12.5 Å². The highest BCUT2D eigenvalue weighted by Crippen LogP contribution is 2.06. The van der Waals surface area contributed by atoms with Crippen molar-refractivity contribution in [3.05, 3.63) is 35.9 Å². The van der Waals surface area contributed by atoms with Crippen LogP contribution in [0.4, 0.5) is 0 Å². The standard InChI is InChI=1S/C17H25N5O4/c1-11(23)26-16(25)14(10-12-6-3-2-4-7-12)22-15(24)13(18)8-5-9-21-17(19)20/h2-4,6-7,13-14H,5,8-10,18H2,1H3,(H,22,24)(H4,19,20,21)/t13-,14+/m1/s1. The number of carbonyl (C=O) groups excluding carboxylic acids is 3. The highest BCUT2D eigenvalue weighted by molar-refractivity contribution is 5.91. The van der Waals surface area contributed by atoms with Crippen LogP contribution in [0.5, 0.6) is 0 Å². The van der Waals surface area contributed by atoms with E-state index in [1.165, 1.54) is 0 Å². The van der Waals surface area contributed by atoms with Crippen molar-refractivity contribution in [2.24, 2.45) is 22.2 Å². The number of guanidine groups is 1. The average Bonchev–Trinajstić information content (AvgIpc) is 2.58. The highest BCUT2D eigenvalue weighted by Gasteiger charge is 2.26. The molecular formula is C17H25N5O4. The Balaban J connectivity index is 2.68. The number of amides is 1. The van der Waals surface area contributed by atoms with E-state index in [1.54, 1.807) is 24.3 Å². The summed E-state index contributed by atoms with van der Waals surface area (Å²) in [4.78, 5) is 39.2. The molecule has 0 unspecified atom stereocenters. The maximum Gasteiger partial charge on any atom is 0.336 e. The molecule has 0 spiro atoms. The zero-order valence-corrected chi connectivity index (χ0v) is 14.7. The predicted molar refractivity (Wildman–Crippen MR) is 96.7 cm³/mol. The van der Waals surface area contributed by atoms with E-state index < -0.39 is 29.9 Å². The highest BCUT2D eigenvalue weighted by atomic mass is 16.6. The topological polar surface area (TPSA) is 163 Å². The quantitative estimate of drug-likeness (QED) is 0.146. The third kappa shape index (κ3) is 8.25. The van der Waals surface area contributed by atoms with Crippen molar-refractivity contribution < 1.29 is 19.1 Å². The molecule has 9 nitrogen and oxygen atoms in total. The first-order valence-corrected chi connectivity index (χ1v) is 8.17. The van der Waals surface area contributed by atoms with Gasteiger partial charge in [0.05, 0.1) is 6.04 Å². The Hall–Kier alpha value is -2.94. The summed E-state index contributed by atoms with van der Waals surface area (Å²) in [5, 5.41) is 2.54. The molecule has 142 valence electrons. The molecule has 2 atom stereocenters. The average molecular weight is 363 g/mol. The Morgan fingerprint density at radius 1 is 1.19 bits per heavy atom. The van der Waals surface area contributed by atoms with Crippen molar-refractivity contribution in [3.8, 4) is 0 Å². The molecule has 0 saturated heterocycles. The number of rotatable bonds is 9. The molecule has 7 N–H and O–H groups in total. The number of aliphatic imine (C=N–C) groups is 1. The lowest BCUT2D eigenvalue weighted by molar-refractivity contribution is -0.160. The second-order valence-corrected chi connectivity index (χ2v) is 5.72. The van der Waals surface area contributed by atoms with Gasteiger partial charge in [-0.1, -0.05) is 30.3 Å². The van der Waals surface area contributed by atoms with Crippen molar-refractivity contribution in [1.82, 2.24) is 5.32 Å². The van der Waals surface area contributed by atoms with Crippen LogP contribution in [0.2, 0.25) is 0 Å². The zero-order valence-electron chi connectivity index (χ0n) is 14.7. The fraction of sp³-hybridized carbons (Fsp3) is 0.412. The largest absolute Gasteiger partial charge is 0.392 e. The molecule has 9 heteroatoms. The first-order valence-electron chi connectivity index (χ1n) is 8.17. The molecule has 0 saturated carbocycles. The molecule has 0 fully saturated rings. The minimum atomic E-state index is -1.02. The number of nitrogens with two attached hydrogens (primary N) is 3. The summed E-state index contributed by atoms with van der Waals surface area (Å²) in [6.07, 6.45) is 1.02. The van der Waals surface area contributed by atoms with E-state index >= 15 is 0 Å². The van der Waals surface area contributed by atoms with Gasteiger partial charge in [0, 0.05) is 19.9 Å². The van der Waals surface area contributed by atoms with Crippen molar-refractivity contribution in [2.75, 3.05) is 6.54 Å². The van der Waals surface area contributed by atoms with Crippen molar-refractivity contribution in [2.45, 2.75) is 38.3 Å². The number of ether oxygens (including phenoxy) is 1. The molecule has 0 bridgehead atoms. The molecule has 26 heavy (non-hydrogen) atoms. The van der Waals surface area contributed by atoms with Crippen LogP contribution in [0.3, 0.4) is 0 Å². The number of hydrogen-bond donors (Lipinski definition) is 4. The Labute approximate surface area is 152 Å². The molecule has 0 aromatic heterocycles. The summed E-state index contributed by atoms with van der Waals surface area (Å²) in [7, 11) is 0. The van der Waals surface area contributed by atoms with Crippen molar-refractivity contribution >= 4 is 23.8 Å². The van der Waals surface area contributed by atoms with Gasteiger partial charge in [-0.05, 0) is 18.4 Å². The summed E-state index contributed by atoms with van der Waals surface area (Å²) in [6, 6.07) is 7.19. The van der Waals surface area contributed by atoms with Crippen LogP contribution in [0, 0.1) is 0 Å². The van der Waals surface area contributed by atoms with Gasteiger partial charge in [-0.25, -0.2) is 4.79 Å². The maximum atomic E-state index is 12.2. The van der Waals surface area contributed by atoms with Crippen LogP contribution < -0.4 is 22.5 Å². The van der Waals surface area contributed by atoms with Gasteiger partial charge in [0.25, 0.3) is 0 Å². The summed E-state index contributed by atoms with van der Waals surface area (Å²) in [5.74, 6) is -2.12. The number of hydrogen-bond acceptors (Lipinski definition) is 6. The molecule has 0 aliphatic rings. The maximum absolute atomic E-state index is 12.2. The Bertz CT molecular complexity index is 644. The van der Waals surface area contributed by atoms with Gasteiger partial charge in [-0.15, -0.1) is 0 Å². The fourth-order valence-electron chi connectivity index (χ4n) is 2.19. The van der Waals surface area contributed by atoms with Crippen LogP contribution in [0.15, 0.2) is 35.3 Å². The van der Waals surface area contributed by atoms with E-state index in [-0.39, 0.29) is 12.4 Å². The normalized spacial score (nSPS) is 12.5. The van der Waals surface area contributed by atoms with Crippen LogP contribution in [-0.4, -0.2) is 42.4 Å². The number of esters is 2. The molecule has 1 amide bonds. The fourth-order valence-corrected chi connectivity index (χ4v) is 2.19. The molecular weight excluding hydrogens is 338 g/mol. The zero-order chi connectivity index (χ0) is 19.5. The lowest BCUT2D eigenvalue weighted by Crippen LogP contribution is -2.50. The second kappa shape index (κ2) is 10.8. The molecule has 1 rings (SSSR count). The molecule has 0 radical (unpaired) electrons. The van der Waals surface area contributed by atoms with Crippen LogP contribution in [0.25, 0.3) is 0 Å². The van der Waals surface area contributed by atoms with Gasteiger partial charge in [0.1, 0.15) is 6.04 Å². The van der Waals surface area contributed by atoms with Gasteiger partial charge in [-0.2, -0.15) is 0 Å². The first-order chi connectivity index (χ1) is 12.3. The number of nitrogens with one attached hydrogen (secondary N) is 1. The molecule has 0 aliphatic carbocycles. The van der Waals surface area contributed by atoms with E-state index in [2.05, 4.69) is 15.0 Å². The predicted octanol–water partition coefficient (Wildman–Crippen LogP) is -0.815. The minimum Gasteiger partial charge on any atom is -0.392 e. The SMILES string of the molecule is CC(=O)OC(=O)[C@H](Cc1ccccc1)NC(=O)[C@H](N)CCCN=C(N)N. The molecule has 1 aromatic carbocycles. The van der Waals surface area contributed by atoms with Crippen molar-refractivity contribution in [1.29, 1.82) is 0 Å². The van der Waals surface area contributed by atoms with Crippen molar-refractivity contribution in [3.63, 3.8) is 0 Å². The Morgan fingerprint density at radius 2 is 1.85 bits per heavy atom. The summed E-state index contributed by atoms with van der Waals surface area (Å²) >= 11 is 0. The Kier molecular flexibility index (Phi) is 8.79. The third-order valence-corrected chi connectivity index (χ3v) is 3.43. The van der Waals surface area contributed by atoms with Crippen LogP contribution in [0.1, 0.15) is 25.3 Å². The van der Waals surface area contributed by atoms with E-state index in [0.29, 0.717) is 19.4 Å². The van der Waals surface area contributed by atoms with Gasteiger partial charge in [-0.3, -0.25) is 14.6 Å². The minimum absolute atomic E-state index is 0.0297. The monoisotopic (exact) mass is 363 g/mol. The second-order valence-electron chi connectivity index (χ2n) is 5.72. The lowest BCUT2D eigenvalue weighted by atomic mass is 10.0. The van der Waals surface area contributed by atoms with Gasteiger partial charge >= 0.3 is 11.9 Å². The van der Waals surface area contributed by atoms with E-state index in [1.807, 2.05) is 6.07 Å². The van der Waals surface area contributed by atoms with E-state index in [9.17, 15) is 14.4 Å². The van der Waals surface area contributed by atoms with Gasteiger partial charge in [0.2, 0.25) is 5.91 Å². The van der Waals surface area contributed by atoms with Crippen LogP contribution >= 0.6 is 0 Å². The number of nitrogens with zero attached hydrogens (tertiary/aromatic N) is 1. The molecule has 1 aromatic rings. The molecule has 0 heterocycles. The van der Waals surface area contributed by atoms with Crippen LogP contribution in [-0.2, 0) is 25.5 Å². The summed E-state index contributed by atoms with van der Waals surface area (Å²) in [6.45, 7) is 1.47. The third-order valence-electron chi connectivity index (χ3n) is 3.43. The Morgan fingerprint density at radius 3 is 2.42 bits per heavy atom. The number of benzene rings is 1. The first kappa shape index (κ1) is 21.1. The lowest BCUT2D eigenvalue weighted by Gasteiger charge is -2.19. The van der Waals surface area contributed by atoms with E-state index in [4.69, 9.17) is 17.2 Å². The van der Waals surface area contributed by atoms with Gasteiger partial charge < -0.3 is 27.3 Å². The smallest absolute Gasteiger partial charge is 0.336 e. The van der Waals surface area contributed by atoms with Gasteiger partial charge in [0.15, 0.2) is 5.96 Å².